The molecule has 98 valence electrons. The number of benzene rings is 1. The molecular weight excluding hydrogens is 246 g/mol. The van der Waals surface area contributed by atoms with Crippen molar-refractivity contribution in [3.63, 3.8) is 0 Å². The molecule has 0 spiro atoms. The normalized spacial score (nSPS) is 15.8. The predicted octanol–water partition coefficient (Wildman–Crippen LogP) is 2.97. The van der Waals surface area contributed by atoms with Gasteiger partial charge in [0.1, 0.15) is 5.69 Å². The van der Waals surface area contributed by atoms with Crippen molar-refractivity contribution in [3.05, 3.63) is 29.5 Å². The average molecular weight is 265 g/mol. The lowest BCUT2D eigenvalue weighted by atomic mass is 9.86. The van der Waals surface area contributed by atoms with E-state index in [1.807, 2.05) is 18.2 Å². The first-order valence-electron chi connectivity index (χ1n) is 5.86. The number of hydrogen-bond acceptors (Lipinski definition) is 3. The van der Waals surface area contributed by atoms with Crippen LogP contribution >= 0.6 is 0 Å². The highest BCUT2D eigenvalue weighted by molar-refractivity contribution is 7.98. The second-order valence-corrected chi connectivity index (χ2v) is 8.55. The second kappa shape index (κ2) is 4.12. The summed E-state index contributed by atoms with van der Waals surface area (Å²) in [5.41, 5.74) is 2.64. The lowest BCUT2D eigenvalue weighted by Gasteiger charge is -2.18. The molecule has 0 aliphatic rings. The van der Waals surface area contributed by atoms with E-state index in [-0.39, 0.29) is 5.41 Å². The highest BCUT2D eigenvalue weighted by Crippen LogP contribution is 2.31. The molecule has 18 heavy (non-hydrogen) atoms. The summed E-state index contributed by atoms with van der Waals surface area (Å²) in [4.78, 5) is 0. The molecule has 4 heteroatoms. The van der Waals surface area contributed by atoms with Crippen molar-refractivity contribution in [1.82, 2.24) is 5.16 Å². The van der Waals surface area contributed by atoms with Gasteiger partial charge in [-0.1, -0.05) is 38.1 Å². The third-order valence-corrected chi connectivity index (χ3v) is 3.71. The van der Waals surface area contributed by atoms with E-state index in [1.165, 1.54) is 0 Å². The molecule has 0 saturated heterocycles. The predicted molar refractivity (Wildman–Crippen MR) is 77.6 cm³/mol. The molecule has 0 aliphatic carbocycles. The van der Waals surface area contributed by atoms with Crippen LogP contribution in [-0.4, -0.2) is 21.5 Å². The lowest BCUT2D eigenvalue weighted by molar-refractivity contribution is 0.440. The molecule has 0 N–H and O–H groups in total. The number of aromatic nitrogens is 1. The topological polar surface area (TPSA) is 43.1 Å². The highest BCUT2D eigenvalue weighted by Gasteiger charge is 2.21. The van der Waals surface area contributed by atoms with Crippen LogP contribution in [0.5, 0.6) is 0 Å². The Morgan fingerprint density at radius 2 is 2.06 bits per heavy atom. The fraction of sp³-hybridized carbons (Fsp3) is 0.429. The van der Waals surface area contributed by atoms with Gasteiger partial charge in [0.05, 0.1) is 5.75 Å². The van der Waals surface area contributed by atoms with Gasteiger partial charge in [0.15, 0.2) is 5.58 Å². The zero-order valence-electron chi connectivity index (χ0n) is 11.3. The van der Waals surface area contributed by atoms with Crippen molar-refractivity contribution in [2.45, 2.75) is 31.9 Å². The molecule has 1 aromatic heterocycles. The fourth-order valence-electron chi connectivity index (χ4n) is 2.00. The molecule has 0 amide bonds. The summed E-state index contributed by atoms with van der Waals surface area (Å²) in [7, 11) is -2.11. The minimum atomic E-state index is -2.11. The van der Waals surface area contributed by atoms with Crippen molar-refractivity contribution in [1.29, 1.82) is 0 Å². The maximum atomic E-state index is 11.8. The highest BCUT2D eigenvalue weighted by atomic mass is 32.2. The minimum Gasteiger partial charge on any atom is -0.356 e. The van der Waals surface area contributed by atoms with Crippen molar-refractivity contribution in [2.24, 2.45) is 0 Å². The van der Waals surface area contributed by atoms with E-state index in [1.54, 1.807) is 6.26 Å². The summed E-state index contributed by atoms with van der Waals surface area (Å²) in [6, 6.07) is 6.00. The van der Waals surface area contributed by atoms with Crippen LogP contribution in [0.3, 0.4) is 0 Å². The lowest BCUT2D eigenvalue weighted by Crippen LogP contribution is -2.11. The van der Waals surface area contributed by atoms with Crippen LogP contribution in [0.25, 0.3) is 11.0 Å². The summed E-state index contributed by atoms with van der Waals surface area (Å²) >= 11 is 0. The molecule has 2 aromatic rings. The molecule has 0 fully saturated rings. The molecule has 1 heterocycles. The van der Waals surface area contributed by atoms with Crippen LogP contribution in [-0.2, 0) is 20.7 Å². The Balaban J connectivity index is 2.63. The molecule has 1 aromatic carbocycles. The van der Waals surface area contributed by atoms with Gasteiger partial charge < -0.3 is 4.52 Å². The van der Waals surface area contributed by atoms with Crippen LogP contribution in [0.4, 0.5) is 0 Å². The number of para-hydroxylation sites is 1. The molecule has 2 rings (SSSR count). The number of fused-ring (bicyclic) bond motifs is 1. The van der Waals surface area contributed by atoms with Crippen LogP contribution < -0.4 is 0 Å². The Hall–Kier alpha value is -1.29. The Labute approximate surface area is 108 Å². The van der Waals surface area contributed by atoms with Gasteiger partial charge in [0, 0.05) is 17.2 Å². The molecule has 1 unspecified atom stereocenters. The average Bonchev–Trinajstić information content (AvgIpc) is 2.57. The molecule has 3 nitrogen and oxygen atoms in total. The van der Waals surface area contributed by atoms with E-state index in [0.29, 0.717) is 5.75 Å². The van der Waals surface area contributed by atoms with E-state index < -0.39 is 9.52 Å². The quantitative estimate of drug-likeness (QED) is 0.784. The Morgan fingerprint density at radius 3 is 2.61 bits per heavy atom. The summed E-state index contributed by atoms with van der Waals surface area (Å²) in [6.07, 6.45) is 1.64. The largest absolute Gasteiger partial charge is 0.356 e. The van der Waals surface area contributed by atoms with Crippen LogP contribution in [0, 0.1) is 0 Å². The zero-order valence-corrected chi connectivity index (χ0v) is 12.1. The third kappa shape index (κ3) is 2.58. The summed E-state index contributed by atoms with van der Waals surface area (Å²) in [6.45, 7) is 6.40. The standard InChI is InChI=1S/C14H19NO2S/c1-14(2,3)11-8-6-7-10-12(9-18(4,5)16)15-17-13(10)11/h6-8H,4,9H2,1-3,5H3. The number of nitrogens with zero attached hydrogens (tertiary/aromatic N) is 1. The van der Waals surface area contributed by atoms with Gasteiger partial charge in [0.2, 0.25) is 0 Å². The van der Waals surface area contributed by atoms with Gasteiger partial charge in [0.25, 0.3) is 0 Å². The van der Waals surface area contributed by atoms with Gasteiger partial charge in [-0.25, -0.2) is 0 Å². The van der Waals surface area contributed by atoms with Gasteiger partial charge in [-0.15, -0.1) is 0 Å². The zero-order chi connectivity index (χ0) is 13.6. The summed E-state index contributed by atoms with van der Waals surface area (Å²) < 4.78 is 17.2. The minimum absolute atomic E-state index is 0.00555. The Morgan fingerprint density at radius 1 is 1.39 bits per heavy atom. The molecule has 1 atom stereocenters. The Kier molecular flexibility index (Phi) is 3.01. The molecule has 0 bridgehead atoms. The molecule has 0 aliphatic heterocycles. The first kappa shape index (κ1) is 13.1. The maximum Gasteiger partial charge on any atom is 0.170 e. The summed E-state index contributed by atoms with van der Waals surface area (Å²) in [5, 5.41) is 5.01. The van der Waals surface area contributed by atoms with Gasteiger partial charge in [-0.3, -0.25) is 4.21 Å². The van der Waals surface area contributed by atoms with Gasteiger partial charge >= 0.3 is 0 Å². The third-order valence-electron chi connectivity index (χ3n) is 2.82. The van der Waals surface area contributed by atoms with E-state index in [2.05, 4.69) is 31.8 Å². The van der Waals surface area contributed by atoms with Crippen LogP contribution in [0.1, 0.15) is 32.0 Å². The molecule has 0 saturated carbocycles. The first-order valence-corrected chi connectivity index (χ1v) is 8.16. The van der Waals surface area contributed by atoms with E-state index in [4.69, 9.17) is 4.52 Å². The Bertz CT molecular complexity index is 675. The van der Waals surface area contributed by atoms with Crippen molar-refractivity contribution in [3.8, 4) is 0 Å². The van der Waals surface area contributed by atoms with E-state index in [9.17, 15) is 4.21 Å². The number of rotatable bonds is 2. The molecule has 0 radical (unpaired) electrons. The SMILES string of the molecule is C=S(C)(=O)Cc1noc2c(C(C)(C)C)cccc12. The van der Waals surface area contributed by atoms with Crippen LogP contribution in [0.15, 0.2) is 22.7 Å². The second-order valence-electron chi connectivity index (χ2n) is 5.89. The van der Waals surface area contributed by atoms with Crippen LogP contribution in [0.2, 0.25) is 0 Å². The van der Waals surface area contributed by atoms with Gasteiger partial charge in [-0.2, -0.15) is 0 Å². The monoisotopic (exact) mass is 265 g/mol. The maximum absolute atomic E-state index is 11.8. The summed E-state index contributed by atoms with van der Waals surface area (Å²) in [5.74, 6) is 4.02. The molecular formula is C14H19NO2S. The van der Waals surface area contributed by atoms with Crippen molar-refractivity contribution in [2.75, 3.05) is 6.26 Å². The number of hydrogen-bond donors (Lipinski definition) is 0. The smallest absolute Gasteiger partial charge is 0.170 e. The fourth-order valence-corrected chi connectivity index (χ4v) is 2.78. The van der Waals surface area contributed by atoms with E-state index in [0.717, 1.165) is 22.2 Å². The van der Waals surface area contributed by atoms with Crippen molar-refractivity contribution < 1.29 is 8.73 Å². The van der Waals surface area contributed by atoms with Crippen molar-refractivity contribution >= 4 is 26.4 Å². The first-order chi connectivity index (χ1) is 8.18. The van der Waals surface area contributed by atoms with E-state index >= 15 is 0 Å². The van der Waals surface area contributed by atoms with Gasteiger partial charge in [-0.05, 0) is 26.9 Å².